The second-order valence-corrected chi connectivity index (χ2v) is 6.41. The molecule has 2 aliphatic rings. The van der Waals surface area contributed by atoms with Gasteiger partial charge in [0.25, 0.3) is 0 Å². The van der Waals surface area contributed by atoms with Crippen molar-refractivity contribution < 1.29 is 4.79 Å². The minimum Gasteiger partial charge on any atom is -0.352 e. The van der Waals surface area contributed by atoms with E-state index in [-0.39, 0.29) is 12.4 Å². The van der Waals surface area contributed by atoms with Crippen LogP contribution in [0.15, 0.2) is 0 Å². The van der Waals surface area contributed by atoms with Gasteiger partial charge in [0, 0.05) is 18.5 Å². The van der Waals surface area contributed by atoms with E-state index >= 15 is 0 Å². The molecule has 1 heterocycles. The molecule has 1 amide bonds. The number of hydrogen-bond donors (Lipinski definition) is 2. The van der Waals surface area contributed by atoms with Crippen molar-refractivity contribution in [1.29, 1.82) is 0 Å². The van der Waals surface area contributed by atoms with Gasteiger partial charge in [-0.1, -0.05) is 26.2 Å². The van der Waals surface area contributed by atoms with Gasteiger partial charge in [0.15, 0.2) is 0 Å². The zero-order valence-electron chi connectivity index (χ0n) is 12.8. The van der Waals surface area contributed by atoms with Crippen molar-refractivity contribution >= 4 is 18.3 Å². The van der Waals surface area contributed by atoms with E-state index < -0.39 is 0 Å². The quantitative estimate of drug-likeness (QED) is 0.818. The molecule has 1 aliphatic heterocycles. The second kappa shape index (κ2) is 9.62. The summed E-state index contributed by atoms with van der Waals surface area (Å²) in [4.78, 5) is 12.2. The Kier molecular flexibility index (Phi) is 8.55. The highest BCUT2D eigenvalue weighted by Gasteiger charge is 2.27. The highest BCUT2D eigenvalue weighted by Crippen LogP contribution is 2.32. The maximum Gasteiger partial charge on any atom is 0.223 e. The summed E-state index contributed by atoms with van der Waals surface area (Å²) in [5.41, 5.74) is 0. The molecule has 4 heteroatoms. The fraction of sp³-hybridized carbons (Fsp3) is 0.938. The molecule has 1 atom stereocenters. The molecule has 1 saturated carbocycles. The molecule has 2 rings (SSSR count). The molecule has 0 aromatic heterocycles. The Balaban J connectivity index is 0.00000200. The molecule has 118 valence electrons. The van der Waals surface area contributed by atoms with Crippen molar-refractivity contribution in [3.8, 4) is 0 Å². The summed E-state index contributed by atoms with van der Waals surface area (Å²) in [6.45, 7) is 4.32. The van der Waals surface area contributed by atoms with E-state index in [2.05, 4.69) is 17.6 Å². The summed E-state index contributed by atoms with van der Waals surface area (Å²) >= 11 is 0. The minimum atomic E-state index is 0. The summed E-state index contributed by atoms with van der Waals surface area (Å²) < 4.78 is 0. The van der Waals surface area contributed by atoms with Crippen molar-refractivity contribution in [2.75, 3.05) is 13.1 Å². The number of piperidine rings is 1. The normalized spacial score (nSPS) is 30.4. The fourth-order valence-electron chi connectivity index (χ4n) is 3.50. The number of carbonyl (C=O) groups is 1. The molecule has 0 aromatic carbocycles. The number of carbonyl (C=O) groups excluding carboxylic acids is 1. The molecule has 1 unspecified atom stereocenters. The van der Waals surface area contributed by atoms with Gasteiger partial charge in [-0.15, -0.1) is 12.4 Å². The number of unbranched alkanes of at least 4 members (excludes halogenated alkanes) is 1. The lowest BCUT2D eigenvalue weighted by atomic mass is 9.79. The highest BCUT2D eigenvalue weighted by molar-refractivity contribution is 5.85. The van der Waals surface area contributed by atoms with Gasteiger partial charge in [0.05, 0.1) is 0 Å². The van der Waals surface area contributed by atoms with Gasteiger partial charge in [-0.3, -0.25) is 4.79 Å². The van der Waals surface area contributed by atoms with E-state index in [0.717, 1.165) is 38.3 Å². The molecule has 0 radical (unpaired) electrons. The van der Waals surface area contributed by atoms with Crippen LogP contribution in [-0.4, -0.2) is 25.0 Å². The minimum absolute atomic E-state index is 0. The van der Waals surface area contributed by atoms with Gasteiger partial charge < -0.3 is 10.6 Å². The Labute approximate surface area is 130 Å². The molecule has 0 aromatic rings. The monoisotopic (exact) mass is 302 g/mol. The topological polar surface area (TPSA) is 41.1 Å². The van der Waals surface area contributed by atoms with E-state index in [1.165, 1.54) is 38.5 Å². The van der Waals surface area contributed by atoms with Gasteiger partial charge in [0.1, 0.15) is 0 Å². The third kappa shape index (κ3) is 5.61. The van der Waals surface area contributed by atoms with Gasteiger partial charge in [-0.05, 0) is 51.0 Å². The Morgan fingerprint density at radius 3 is 2.55 bits per heavy atom. The molecule has 2 N–H and O–H groups in total. The summed E-state index contributed by atoms with van der Waals surface area (Å²) in [5, 5.41) is 6.60. The van der Waals surface area contributed by atoms with Crippen LogP contribution in [0.4, 0.5) is 0 Å². The summed E-state index contributed by atoms with van der Waals surface area (Å²) in [7, 11) is 0. The van der Waals surface area contributed by atoms with Crippen LogP contribution in [0.25, 0.3) is 0 Å². The summed E-state index contributed by atoms with van der Waals surface area (Å²) in [6, 6.07) is 0.374. The first-order valence-electron chi connectivity index (χ1n) is 8.30. The van der Waals surface area contributed by atoms with Crippen LogP contribution in [0.1, 0.15) is 64.7 Å². The number of rotatable bonds is 5. The first-order chi connectivity index (χ1) is 9.29. The lowest BCUT2D eigenvalue weighted by Crippen LogP contribution is -2.47. The first-order valence-corrected chi connectivity index (χ1v) is 8.30. The Morgan fingerprint density at radius 1 is 1.20 bits per heavy atom. The van der Waals surface area contributed by atoms with Crippen molar-refractivity contribution in [2.45, 2.75) is 70.8 Å². The maximum absolute atomic E-state index is 12.2. The van der Waals surface area contributed by atoms with E-state index in [1.807, 2.05) is 0 Å². The van der Waals surface area contributed by atoms with Crippen molar-refractivity contribution in [3.63, 3.8) is 0 Å². The number of halogens is 1. The predicted molar refractivity (Wildman–Crippen MR) is 86.3 cm³/mol. The lowest BCUT2D eigenvalue weighted by Gasteiger charge is -2.30. The van der Waals surface area contributed by atoms with E-state index in [1.54, 1.807) is 0 Å². The van der Waals surface area contributed by atoms with Gasteiger partial charge in [0.2, 0.25) is 5.91 Å². The molecule has 1 saturated heterocycles. The Bertz CT molecular complexity index is 272. The van der Waals surface area contributed by atoms with Crippen molar-refractivity contribution in [3.05, 3.63) is 0 Å². The van der Waals surface area contributed by atoms with Crippen LogP contribution in [0, 0.1) is 11.8 Å². The van der Waals surface area contributed by atoms with Crippen LogP contribution >= 0.6 is 12.4 Å². The first kappa shape index (κ1) is 17.8. The van der Waals surface area contributed by atoms with Crippen LogP contribution in [0.2, 0.25) is 0 Å². The third-order valence-electron chi connectivity index (χ3n) is 4.83. The Hall–Kier alpha value is -0.280. The summed E-state index contributed by atoms with van der Waals surface area (Å²) in [5.74, 6) is 1.50. The van der Waals surface area contributed by atoms with E-state index in [9.17, 15) is 4.79 Å². The van der Waals surface area contributed by atoms with E-state index in [0.29, 0.717) is 17.9 Å². The van der Waals surface area contributed by atoms with Crippen LogP contribution in [0.5, 0.6) is 0 Å². The van der Waals surface area contributed by atoms with Crippen LogP contribution in [0.3, 0.4) is 0 Å². The molecule has 0 spiro atoms. The van der Waals surface area contributed by atoms with Crippen LogP contribution in [-0.2, 0) is 4.79 Å². The van der Waals surface area contributed by atoms with Crippen molar-refractivity contribution in [2.24, 2.45) is 11.8 Å². The number of hydrogen-bond acceptors (Lipinski definition) is 2. The SMILES string of the molecule is CCCCC1CCC(C(=O)NC2CCCNC2)CC1.Cl. The average Bonchev–Trinajstić information content (AvgIpc) is 2.46. The zero-order chi connectivity index (χ0) is 13.5. The molecular formula is C16H31ClN2O. The summed E-state index contributed by atoms with van der Waals surface area (Å²) in [6.07, 6.45) is 11.1. The zero-order valence-corrected chi connectivity index (χ0v) is 13.6. The van der Waals surface area contributed by atoms with E-state index in [4.69, 9.17) is 0 Å². The molecule has 2 fully saturated rings. The van der Waals surface area contributed by atoms with Gasteiger partial charge in [-0.2, -0.15) is 0 Å². The maximum atomic E-state index is 12.2. The van der Waals surface area contributed by atoms with Gasteiger partial charge in [-0.25, -0.2) is 0 Å². The molecule has 20 heavy (non-hydrogen) atoms. The fourth-order valence-corrected chi connectivity index (χ4v) is 3.50. The highest BCUT2D eigenvalue weighted by atomic mass is 35.5. The molecule has 1 aliphatic carbocycles. The van der Waals surface area contributed by atoms with Crippen molar-refractivity contribution in [1.82, 2.24) is 10.6 Å². The number of amides is 1. The van der Waals surface area contributed by atoms with Gasteiger partial charge >= 0.3 is 0 Å². The second-order valence-electron chi connectivity index (χ2n) is 6.41. The third-order valence-corrected chi connectivity index (χ3v) is 4.83. The number of nitrogens with one attached hydrogen (secondary N) is 2. The molecule has 0 bridgehead atoms. The standard InChI is InChI=1S/C16H30N2O.ClH/c1-2-3-5-13-7-9-14(10-8-13)16(19)18-15-6-4-11-17-12-15;/h13-15,17H,2-12H2,1H3,(H,18,19);1H. The molecule has 3 nitrogen and oxygen atoms in total. The largest absolute Gasteiger partial charge is 0.352 e. The smallest absolute Gasteiger partial charge is 0.223 e. The average molecular weight is 303 g/mol. The lowest BCUT2D eigenvalue weighted by molar-refractivity contribution is -0.127. The Morgan fingerprint density at radius 2 is 1.95 bits per heavy atom. The predicted octanol–water partition coefficient (Wildman–Crippen LogP) is 3.27. The van der Waals surface area contributed by atoms with Crippen LogP contribution < -0.4 is 10.6 Å². The molecular weight excluding hydrogens is 272 g/mol.